The number of nitrogens with one attached hydrogen (secondary N) is 1. The molecule has 0 aliphatic heterocycles. The van der Waals surface area contributed by atoms with Crippen LogP contribution in [0.5, 0.6) is 0 Å². The van der Waals surface area contributed by atoms with Gasteiger partial charge in [0, 0.05) is 24.5 Å². The van der Waals surface area contributed by atoms with Crippen molar-refractivity contribution in [1.29, 1.82) is 0 Å². The normalized spacial score (nSPS) is 24.9. The van der Waals surface area contributed by atoms with Gasteiger partial charge in [-0.1, -0.05) is 6.92 Å². The fraction of sp³-hybridized carbons (Fsp3) is 0.727. The standard InChI is InChI=1S/C11H20N4S/c1-3-16-9-5-4-8(6-9)13-11-10(12)7-15(2)14-11/h7-9H,3-6,12H2,1-2H3,(H,13,14). The minimum Gasteiger partial charge on any atom is -0.394 e. The van der Waals surface area contributed by atoms with E-state index in [0.29, 0.717) is 6.04 Å². The van der Waals surface area contributed by atoms with Crippen LogP contribution in [0.25, 0.3) is 0 Å². The molecule has 1 aliphatic carbocycles. The van der Waals surface area contributed by atoms with E-state index in [0.717, 1.165) is 16.8 Å². The summed E-state index contributed by atoms with van der Waals surface area (Å²) in [5.41, 5.74) is 6.61. The van der Waals surface area contributed by atoms with Gasteiger partial charge >= 0.3 is 0 Å². The van der Waals surface area contributed by atoms with E-state index in [9.17, 15) is 0 Å². The molecule has 1 heterocycles. The average molecular weight is 240 g/mol. The van der Waals surface area contributed by atoms with Crippen molar-refractivity contribution in [1.82, 2.24) is 9.78 Å². The van der Waals surface area contributed by atoms with Crippen molar-refractivity contribution in [3.8, 4) is 0 Å². The number of aromatic nitrogens is 2. The summed E-state index contributed by atoms with van der Waals surface area (Å²) in [6.07, 6.45) is 5.61. The van der Waals surface area contributed by atoms with E-state index in [1.54, 1.807) is 4.68 Å². The lowest BCUT2D eigenvalue weighted by molar-refractivity contribution is 0.729. The lowest BCUT2D eigenvalue weighted by Gasteiger charge is -2.12. The molecule has 4 nitrogen and oxygen atoms in total. The SMILES string of the molecule is CCSC1CCC(Nc2nn(C)cc2N)C1. The first-order valence-electron chi connectivity index (χ1n) is 5.86. The molecule has 0 amide bonds. The minimum absolute atomic E-state index is 0.543. The predicted octanol–water partition coefficient (Wildman–Crippen LogP) is 2.09. The lowest BCUT2D eigenvalue weighted by Crippen LogP contribution is -2.17. The molecule has 0 saturated heterocycles. The van der Waals surface area contributed by atoms with Gasteiger partial charge in [-0.3, -0.25) is 4.68 Å². The Morgan fingerprint density at radius 2 is 2.44 bits per heavy atom. The third kappa shape index (κ3) is 2.64. The van der Waals surface area contributed by atoms with E-state index in [4.69, 9.17) is 5.73 Å². The summed E-state index contributed by atoms with van der Waals surface area (Å²) < 4.78 is 1.75. The van der Waals surface area contributed by atoms with Crippen LogP contribution in [0.1, 0.15) is 26.2 Å². The van der Waals surface area contributed by atoms with Gasteiger partial charge in [0.25, 0.3) is 0 Å². The maximum absolute atomic E-state index is 5.86. The summed E-state index contributed by atoms with van der Waals surface area (Å²) in [5, 5.41) is 8.58. The molecule has 1 saturated carbocycles. The van der Waals surface area contributed by atoms with Crippen molar-refractivity contribution in [3.05, 3.63) is 6.20 Å². The first-order chi connectivity index (χ1) is 7.69. The van der Waals surface area contributed by atoms with E-state index in [1.165, 1.54) is 25.0 Å². The van der Waals surface area contributed by atoms with Crippen LogP contribution in [-0.2, 0) is 7.05 Å². The van der Waals surface area contributed by atoms with Gasteiger partial charge in [0.15, 0.2) is 5.82 Å². The smallest absolute Gasteiger partial charge is 0.171 e. The van der Waals surface area contributed by atoms with Gasteiger partial charge < -0.3 is 11.1 Å². The maximum atomic E-state index is 5.86. The highest BCUT2D eigenvalue weighted by Crippen LogP contribution is 2.32. The molecule has 1 aromatic heterocycles. The Morgan fingerprint density at radius 3 is 3.06 bits per heavy atom. The highest BCUT2D eigenvalue weighted by Gasteiger charge is 2.25. The Hall–Kier alpha value is -0.840. The Morgan fingerprint density at radius 1 is 1.62 bits per heavy atom. The number of nitrogen functional groups attached to an aromatic ring is 1. The van der Waals surface area contributed by atoms with Crippen molar-refractivity contribution in [3.63, 3.8) is 0 Å². The number of hydrogen-bond donors (Lipinski definition) is 2. The number of nitrogens with two attached hydrogens (primary N) is 1. The third-order valence-corrected chi connectivity index (χ3v) is 4.22. The molecule has 0 radical (unpaired) electrons. The Bertz CT molecular complexity index is 350. The highest BCUT2D eigenvalue weighted by molar-refractivity contribution is 7.99. The maximum Gasteiger partial charge on any atom is 0.171 e. The fourth-order valence-corrected chi connectivity index (χ4v) is 3.41. The summed E-state index contributed by atoms with van der Waals surface area (Å²) in [6, 6.07) is 0.543. The molecule has 16 heavy (non-hydrogen) atoms. The van der Waals surface area contributed by atoms with Gasteiger partial charge in [-0.2, -0.15) is 16.9 Å². The summed E-state index contributed by atoms with van der Waals surface area (Å²) in [4.78, 5) is 0. The Balaban J connectivity index is 1.89. The van der Waals surface area contributed by atoms with E-state index in [1.807, 2.05) is 13.2 Å². The summed E-state index contributed by atoms with van der Waals surface area (Å²) >= 11 is 2.07. The summed E-state index contributed by atoms with van der Waals surface area (Å²) in [5.74, 6) is 2.05. The second-order valence-corrected chi connectivity index (χ2v) is 5.92. The zero-order valence-electron chi connectivity index (χ0n) is 9.94. The molecule has 2 atom stereocenters. The van der Waals surface area contributed by atoms with Crippen LogP contribution in [0, 0.1) is 0 Å². The van der Waals surface area contributed by atoms with E-state index >= 15 is 0 Å². The number of rotatable bonds is 4. The second kappa shape index (κ2) is 4.99. The topological polar surface area (TPSA) is 55.9 Å². The molecule has 1 aliphatic rings. The van der Waals surface area contributed by atoms with Gasteiger partial charge in [0.1, 0.15) is 0 Å². The van der Waals surface area contributed by atoms with Gasteiger partial charge in [0.05, 0.1) is 5.69 Å². The number of hydrogen-bond acceptors (Lipinski definition) is 4. The number of nitrogens with zero attached hydrogens (tertiary/aromatic N) is 2. The molecular formula is C11H20N4S. The van der Waals surface area contributed by atoms with Crippen LogP contribution in [0.4, 0.5) is 11.5 Å². The van der Waals surface area contributed by atoms with E-state index < -0.39 is 0 Å². The first-order valence-corrected chi connectivity index (χ1v) is 6.91. The molecule has 5 heteroatoms. The number of thioether (sulfide) groups is 1. The van der Waals surface area contributed by atoms with Crippen molar-refractivity contribution < 1.29 is 0 Å². The quantitative estimate of drug-likeness (QED) is 0.846. The monoisotopic (exact) mass is 240 g/mol. The molecular weight excluding hydrogens is 220 g/mol. The van der Waals surface area contributed by atoms with Crippen LogP contribution in [0.15, 0.2) is 6.20 Å². The first kappa shape index (κ1) is 11.6. The lowest BCUT2D eigenvalue weighted by atomic mass is 10.2. The molecule has 0 spiro atoms. The molecule has 1 fully saturated rings. The van der Waals surface area contributed by atoms with Crippen molar-refractivity contribution in [2.75, 3.05) is 16.8 Å². The fourth-order valence-electron chi connectivity index (χ4n) is 2.27. The van der Waals surface area contributed by atoms with Gasteiger partial charge in [0.2, 0.25) is 0 Å². The average Bonchev–Trinajstić information content (AvgIpc) is 2.76. The van der Waals surface area contributed by atoms with Gasteiger partial charge in [-0.25, -0.2) is 0 Å². The minimum atomic E-state index is 0.543. The molecule has 1 aromatic rings. The van der Waals surface area contributed by atoms with Crippen molar-refractivity contribution in [2.24, 2.45) is 7.05 Å². The summed E-state index contributed by atoms with van der Waals surface area (Å²) in [7, 11) is 1.89. The number of anilines is 2. The number of aryl methyl sites for hydroxylation is 1. The molecule has 90 valence electrons. The van der Waals surface area contributed by atoms with Crippen LogP contribution in [-0.4, -0.2) is 26.8 Å². The third-order valence-electron chi connectivity index (χ3n) is 2.98. The van der Waals surface area contributed by atoms with Gasteiger partial charge in [-0.05, 0) is 25.0 Å². The van der Waals surface area contributed by atoms with Crippen molar-refractivity contribution in [2.45, 2.75) is 37.5 Å². The highest BCUT2D eigenvalue weighted by atomic mass is 32.2. The zero-order chi connectivity index (χ0) is 11.5. The Kier molecular flexibility index (Phi) is 3.63. The van der Waals surface area contributed by atoms with Gasteiger partial charge in [-0.15, -0.1) is 0 Å². The van der Waals surface area contributed by atoms with E-state index in [-0.39, 0.29) is 0 Å². The van der Waals surface area contributed by atoms with Crippen LogP contribution >= 0.6 is 11.8 Å². The molecule has 2 rings (SSSR count). The second-order valence-electron chi connectivity index (χ2n) is 4.34. The van der Waals surface area contributed by atoms with E-state index in [2.05, 4.69) is 29.1 Å². The summed E-state index contributed by atoms with van der Waals surface area (Å²) in [6.45, 7) is 2.22. The predicted molar refractivity (Wildman–Crippen MR) is 70.8 cm³/mol. The molecule has 2 unspecified atom stereocenters. The molecule has 0 bridgehead atoms. The van der Waals surface area contributed by atoms with Crippen LogP contribution in [0.2, 0.25) is 0 Å². The van der Waals surface area contributed by atoms with Crippen LogP contribution in [0.3, 0.4) is 0 Å². The van der Waals surface area contributed by atoms with Crippen LogP contribution < -0.4 is 11.1 Å². The Labute approximate surface area is 101 Å². The zero-order valence-corrected chi connectivity index (χ0v) is 10.8. The molecule has 0 aromatic carbocycles. The molecule has 3 N–H and O–H groups in total. The largest absolute Gasteiger partial charge is 0.394 e. The van der Waals surface area contributed by atoms with Crippen molar-refractivity contribution >= 4 is 23.3 Å².